The van der Waals surface area contributed by atoms with Crippen molar-refractivity contribution in [2.24, 2.45) is 0 Å². The Morgan fingerprint density at radius 1 is 1.10 bits per heavy atom. The quantitative estimate of drug-likeness (QED) is 0.283. The van der Waals surface area contributed by atoms with E-state index in [1.165, 1.54) is 25.3 Å². The summed E-state index contributed by atoms with van der Waals surface area (Å²) < 4.78 is 99.1. The van der Waals surface area contributed by atoms with Gasteiger partial charge in [-0.25, -0.2) is 23.8 Å². The average Bonchev–Trinajstić information content (AvgIpc) is 2.85. The monoisotopic (exact) mass is 572 g/mol. The van der Waals surface area contributed by atoms with E-state index >= 15 is 0 Å². The molecule has 9 nitrogen and oxygen atoms in total. The number of alkyl halides is 6. The van der Waals surface area contributed by atoms with Gasteiger partial charge in [-0.15, -0.1) is 0 Å². The van der Waals surface area contributed by atoms with Crippen LogP contribution in [0.3, 0.4) is 0 Å². The van der Waals surface area contributed by atoms with Crippen LogP contribution in [-0.2, 0) is 12.7 Å². The van der Waals surface area contributed by atoms with Crippen LogP contribution in [0, 0.1) is 5.82 Å². The molecule has 0 spiro atoms. The third-order valence-electron chi connectivity index (χ3n) is 5.70. The van der Waals surface area contributed by atoms with E-state index in [4.69, 9.17) is 0 Å². The minimum Gasteiger partial charge on any atom is -0.432 e. The summed E-state index contributed by atoms with van der Waals surface area (Å²) in [6.45, 7) is -2.19. The number of anilines is 1. The molecule has 3 heterocycles. The molecule has 0 saturated heterocycles. The summed E-state index contributed by atoms with van der Waals surface area (Å²) >= 11 is 0. The van der Waals surface area contributed by atoms with Gasteiger partial charge in [-0.05, 0) is 30.5 Å². The first kappa shape index (κ1) is 28.5. The van der Waals surface area contributed by atoms with Gasteiger partial charge in [0, 0.05) is 18.7 Å². The molecule has 0 aliphatic heterocycles. The van der Waals surface area contributed by atoms with Crippen molar-refractivity contribution in [3.8, 4) is 17.1 Å². The van der Waals surface area contributed by atoms with E-state index in [0.717, 1.165) is 29.2 Å². The zero-order chi connectivity index (χ0) is 29.2. The Balaban J connectivity index is 1.50. The number of aromatic nitrogens is 5. The molecule has 2 N–H and O–H groups in total. The summed E-state index contributed by atoms with van der Waals surface area (Å²) in [5, 5.41) is 7.63. The number of halogens is 7. The van der Waals surface area contributed by atoms with Crippen molar-refractivity contribution in [2.45, 2.75) is 44.9 Å². The molecular weight excluding hydrogens is 553 g/mol. The summed E-state index contributed by atoms with van der Waals surface area (Å²) in [5.74, 6) is -1.38. The standard InChI is InChI=1S/C24H19F7N6O3/c1-11(35-18-9-34-36-21(38)19(18)24(29,30)31)4-13(25)10-37-3-2-12-5-16(17(26)6-15(12)22(37)39)20-32-7-14(8-33-20)40-23(27)28/h2-3,5-9,11,13,23H,4,10H2,1H3,(H2,35,36,38). The van der Waals surface area contributed by atoms with Gasteiger partial charge >= 0.3 is 12.8 Å². The average molecular weight is 572 g/mol. The molecule has 3 aromatic heterocycles. The highest BCUT2D eigenvalue weighted by molar-refractivity contribution is 5.86. The van der Waals surface area contributed by atoms with Crippen LogP contribution in [0.2, 0.25) is 0 Å². The van der Waals surface area contributed by atoms with Crippen LogP contribution >= 0.6 is 0 Å². The minimum absolute atomic E-state index is 0.0934. The number of rotatable bonds is 9. The molecule has 1 aromatic carbocycles. The van der Waals surface area contributed by atoms with E-state index in [1.807, 2.05) is 0 Å². The first-order valence-electron chi connectivity index (χ1n) is 11.5. The Labute approximate surface area is 219 Å². The van der Waals surface area contributed by atoms with E-state index in [2.05, 4.69) is 25.1 Å². The largest absolute Gasteiger partial charge is 0.432 e. The minimum atomic E-state index is -4.97. The van der Waals surface area contributed by atoms with Crippen molar-refractivity contribution in [2.75, 3.05) is 5.32 Å². The van der Waals surface area contributed by atoms with Crippen LogP contribution in [0.4, 0.5) is 36.4 Å². The van der Waals surface area contributed by atoms with Gasteiger partial charge < -0.3 is 14.6 Å². The lowest BCUT2D eigenvalue weighted by atomic mass is 10.1. The lowest BCUT2D eigenvalue weighted by Crippen LogP contribution is -2.30. The number of H-pyrrole nitrogens is 1. The molecule has 16 heteroatoms. The van der Waals surface area contributed by atoms with Crippen molar-refractivity contribution >= 4 is 16.5 Å². The smallest absolute Gasteiger partial charge is 0.423 e. The second kappa shape index (κ2) is 11.3. The fourth-order valence-corrected chi connectivity index (χ4v) is 4.02. The van der Waals surface area contributed by atoms with Gasteiger partial charge in [-0.1, -0.05) is 0 Å². The van der Waals surface area contributed by atoms with E-state index in [9.17, 15) is 40.3 Å². The first-order valence-corrected chi connectivity index (χ1v) is 11.5. The van der Waals surface area contributed by atoms with Gasteiger partial charge in [0.2, 0.25) is 0 Å². The molecular formula is C24H19F7N6O3. The van der Waals surface area contributed by atoms with Gasteiger partial charge in [-0.2, -0.15) is 27.1 Å². The number of fused-ring (bicyclic) bond motifs is 1. The summed E-state index contributed by atoms with van der Waals surface area (Å²) in [4.78, 5) is 32.1. The van der Waals surface area contributed by atoms with Crippen LogP contribution < -0.4 is 21.2 Å². The Hall–Kier alpha value is -4.50. The molecule has 0 aliphatic carbocycles. The predicted octanol–water partition coefficient (Wildman–Crippen LogP) is 4.53. The predicted molar refractivity (Wildman–Crippen MR) is 128 cm³/mol. The van der Waals surface area contributed by atoms with Gasteiger partial charge in [0.15, 0.2) is 11.6 Å². The highest BCUT2D eigenvalue weighted by Crippen LogP contribution is 2.32. The normalized spacial score (nSPS) is 13.4. The summed E-state index contributed by atoms with van der Waals surface area (Å²) in [5.41, 5.74) is -4.43. The number of nitrogens with one attached hydrogen (secondary N) is 2. The number of benzene rings is 1. The number of hydrogen-bond donors (Lipinski definition) is 2. The third kappa shape index (κ3) is 6.38. The van der Waals surface area contributed by atoms with Crippen LogP contribution in [0.5, 0.6) is 5.75 Å². The highest BCUT2D eigenvalue weighted by Gasteiger charge is 2.37. The number of pyridine rings is 1. The molecule has 4 aromatic rings. The second-order valence-electron chi connectivity index (χ2n) is 8.68. The summed E-state index contributed by atoms with van der Waals surface area (Å²) in [6.07, 6.45) is -3.13. The molecule has 0 radical (unpaired) electrons. The highest BCUT2D eigenvalue weighted by atomic mass is 19.4. The fourth-order valence-electron chi connectivity index (χ4n) is 4.02. The molecule has 4 rings (SSSR count). The molecule has 2 atom stereocenters. The zero-order valence-corrected chi connectivity index (χ0v) is 20.3. The molecule has 0 fully saturated rings. The van der Waals surface area contributed by atoms with E-state index < -0.39 is 59.7 Å². The van der Waals surface area contributed by atoms with E-state index in [0.29, 0.717) is 0 Å². The van der Waals surface area contributed by atoms with E-state index in [1.54, 1.807) is 5.10 Å². The SMILES string of the molecule is CC(CC(F)Cn1ccc2cc(-c3ncc(OC(F)F)cn3)c(F)cc2c1=O)Nc1cn[nH]c(=O)c1C(F)(F)F. The molecule has 212 valence electrons. The Kier molecular flexibility index (Phi) is 8.06. The van der Waals surface area contributed by atoms with Crippen LogP contribution in [0.25, 0.3) is 22.2 Å². The second-order valence-corrected chi connectivity index (χ2v) is 8.68. The van der Waals surface area contributed by atoms with Gasteiger partial charge in [0.25, 0.3) is 11.1 Å². The van der Waals surface area contributed by atoms with Crippen molar-refractivity contribution in [1.29, 1.82) is 0 Å². The molecule has 0 amide bonds. The van der Waals surface area contributed by atoms with Crippen molar-refractivity contribution < 1.29 is 35.5 Å². The fraction of sp³-hybridized carbons (Fsp3) is 0.292. The van der Waals surface area contributed by atoms with Gasteiger partial charge in [-0.3, -0.25) is 9.59 Å². The number of ether oxygens (including phenoxy) is 1. The lowest BCUT2D eigenvalue weighted by molar-refractivity contribution is -0.138. The molecule has 2 unspecified atom stereocenters. The van der Waals surface area contributed by atoms with Crippen molar-refractivity contribution in [1.82, 2.24) is 24.7 Å². The zero-order valence-electron chi connectivity index (χ0n) is 20.3. The van der Waals surface area contributed by atoms with Crippen LogP contribution in [-0.4, -0.2) is 43.6 Å². The molecule has 0 aliphatic rings. The van der Waals surface area contributed by atoms with Crippen molar-refractivity contribution in [3.05, 3.63) is 75.1 Å². The van der Waals surface area contributed by atoms with Crippen LogP contribution in [0.1, 0.15) is 18.9 Å². The maximum atomic E-state index is 14.9. The molecule has 40 heavy (non-hydrogen) atoms. The topological polar surface area (TPSA) is 115 Å². The number of hydrogen-bond acceptors (Lipinski definition) is 7. The number of aromatic amines is 1. The molecule has 0 bridgehead atoms. The van der Waals surface area contributed by atoms with Gasteiger partial charge in [0.1, 0.15) is 17.6 Å². The Morgan fingerprint density at radius 3 is 2.45 bits per heavy atom. The van der Waals surface area contributed by atoms with Gasteiger partial charge in [0.05, 0.1) is 41.8 Å². The lowest BCUT2D eigenvalue weighted by Gasteiger charge is -2.20. The Morgan fingerprint density at radius 2 is 1.80 bits per heavy atom. The number of nitrogens with zero attached hydrogens (tertiary/aromatic N) is 4. The van der Waals surface area contributed by atoms with Crippen LogP contribution in [0.15, 0.2) is 52.6 Å². The van der Waals surface area contributed by atoms with Crippen molar-refractivity contribution in [3.63, 3.8) is 0 Å². The Bertz CT molecular complexity index is 1620. The third-order valence-corrected chi connectivity index (χ3v) is 5.70. The first-order chi connectivity index (χ1) is 18.8. The summed E-state index contributed by atoms with van der Waals surface area (Å²) in [7, 11) is 0. The summed E-state index contributed by atoms with van der Waals surface area (Å²) in [6, 6.07) is 2.70. The van der Waals surface area contributed by atoms with E-state index in [-0.39, 0.29) is 34.3 Å². The maximum absolute atomic E-state index is 14.9. The molecule has 0 saturated carbocycles. The maximum Gasteiger partial charge on any atom is 0.423 e.